The third kappa shape index (κ3) is 3.39. The normalized spacial score (nSPS) is 20.1. The Balaban J connectivity index is 1.51. The van der Waals surface area contributed by atoms with Gasteiger partial charge < -0.3 is 14.1 Å². The number of aromatic nitrogens is 1. The minimum atomic E-state index is -0.0997. The van der Waals surface area contributed by atoms with Gasteiger partial charge in [-0.2, -0.15) is 0 Å². The molecule has 1 amide bonds. The van der Waals surface area contributed by atoms with Gasteiger partial charge in [0.1, 0.15) is 6.10 Å². The second-order valence-electron chi connectivity index (χ2n) is 6.50. The van der Waals surface area contributed by atoms with Crippen LogP contribution >= 0.6 is 0 Å². The number of amides is 1. The Hall–Kier alpha value is -2.92. The van der Waals surface area contributed by atoms with Crippen LogP contribution in [0.1, 0.15) is 28.9 Å². The lowest BCUT2D eigenvalue weighted by atomic mass is 10.0. The summed E-state index contributed by atoms with van der Waals surface area (Å²) in [6.07, 6.45) is 2.95. The maximum atomic E-state index is 13.0. The van der Waals surface area contributed by atoms with Crippen molar-refractivity contribution >= 4 is 5.91 Å². The molecule has 1 aromatic heterocycles. The number of morpholine rings is 1. The molecule has 26 heavy (non-hydrogen) atoms. The predicted molar refractivity (Wildman–Crippen MR) is 97.6 cm³/mol. The van der Waals surface area contributed by atoms with Crippen LogP contribution in [0.5, 0.6) is 0 Å². The van der Waals surface area contributed by atoms with Crippen LogP contribution in [0.2, 0.25) is 0 Å². The molecule has 2 atom stereocenters. The zero-order valence-corrected chi connectivity index (χ0v) is 14.5. The topological polar surface area (TPSA) is 55.6 Å². The standard InChI is InChI=1S/C21H20N2O3/c1-15-12-23(13-20(26-15)16-5-3-2-4-6-16)21(24)18-9-7-17(8-10-18)19-11-22-14-25-19/h2-11,14-15,20H,12-13H2,1H3. The van der Waals surface area contributed by atoms with Crippen molar-refractivity contribution in [2.45, 2.75) is 19.1 Å². The van der Waals surface area contributed by atoms with E-state index in [4.69, 9.17) is 9.15 Å². The molecule has 0 N–H and O–H groups in total. The zero-order chi connectivity index (χ0) is 17.9. The molecule has 0 spiro atoms. The fraction of sp³-hybridized carbons (Fsp3) is 0.238. The van der Waals surface area contributed by atoms with E-state index in [2.05, 4.69) is 4.98 Å². The van der Waals surface area contributed by atoms with Crippen molar-refractivity contribution in [1.82, 2.24) is 9.88 Å². The van der Waals surface area contributed by atoms with Crippen molar-refractivity contribution < 1.29 is 13.9 Å². The summed E-state index contributed by atoms with van der Waals surface area (Å²) in [4.78, 5) is 18.7. The summed E-state index contributed by atoms with van der Waals surface area (Å²) in [5.41, 5.74) is 2.66. The summed E-state index contributed by atoms with van der Waals surface area (Å²) < 4.78 is 11.3. The summed E-state index contributed by atoms with van der Waals surface area (Å²) in [5.74, 6) is 0.707. The number of hydrogen-bond acceptors (Lipinski definition) is 4. The quantitative estimate of drug-likeness (QED) is 0.719. The van der Waals surface area contributed by atoms with Crippen LogP contribution in [0.25, 0.3) is 11.3 Å². The lowest BCUT2D eigenvalue weighted by Crippen LogP contribution is -2.45. The molecule has 0 bridgehead atoms. The third-order valence-corrected chi connectivity index (χ3v) is 4.57. The van der Waals surface area contributed by atoms with E-state index in [0.717, 1.165) is 11.1 Å². The Morgan fingerprint density at radius 2 is 1.85 bits per heavy atom. The first-order valence-corrected chi connectivity index (χ1v) is 8.69. The molecule has 2 unspecified atom stereocenters. The number of carbonyl (C=O) groups excluding carboxylic acids is 1. The van der Waals surface area contributed by atoms with Crippen molar-refractivity contribution in [2.75, 3.05) is 13.1 Å². The highest BCUT2D eigenvalue weighted by atomic mass is 16.5. The van der Waals surface area contributed by atoms with Crippen molar-refractivity contribution in [3.05, 3.63) is 78.3 Å². The van der Waals surface area contributed by atoms with Crippen LogP contribution in [0.3, 0.4) is 0 Å². The van der Waals surface area contributed by atoms with E-state index in [1.54, 1.807) is 6.20 Å². The van der Waals surface area contributed by atoms with Crippen LogP contribution in [-0.4, -0.2) is 35.0 Å². The molecule has 0 saturated carbocycles. The van der Waals surface area contributed by atoms with E-state index in [0.29, 0.717) is 24.4 Å². The summed E-state index contributed by atoms with van der Waals surface area (Å²) in [6.45, 7) is 3.14. The van der Waals surface area contributed by atoms with E-state index < -0.39 is 0 Å². The maximum absolute atomic E-state index is 13.0. The van der Waals surface area contributed by atoms with Crippen LogP contribution in [-0.2, 0) is 4.74 Å². The Bertz CT molecular complexity index is 860. The molecule has 5 nitrogen and oxygen atoms in total. The average Bonchev–Trinajstić information content (AvgIpc) is 3.22. The average molecular weight is 348 g/mol. The molecule has 2 aromatic carbocycles. The molecule has 1 aliphatic heterocycles. The van der Waals surface area contributed by atoms with Crippen molar-refractivity contribution in [1.29, 1.82) is 0 Å². The van der Waals surface area contributed by atoms with Crippen LogP contribution in [0.15, 0.2) is 71.6 Å². The van der Waals surface area contributed by atoms with Gasteiger partial charge in [-0.3, -0.25) is 4.79 Å². The number of oxazole rings is 1. The molecule has 1 saturated heterocycles. The fourth-order valence-corrected chi connectivity index (χ4v) is 3.29. The highest BCUT2D eigenvalue weighted by Crippen LogP contribution is 2.26. The van der Waals surface area contributed by atoms with Crippen molar-refractivity contribution in [3.63, 3.8) is 0 Å². The molecule has 1 fully saturated rings. The largest absolute Gasteiger partial charge is 0.444 e. The van der Waals surface area contributed by atoms with E-state index in [9.17, 15) is 4.79 Å². The number of rotatable bonds is 3. The number of benzene rings is 2. The first-order valence-electron chi connectivity index (χ1n) is 8.69. The molecule has 2 heterocycles. The maximum Gasteiger partial charge on any atom is 0.254 e. The first kappa shape index (κ1) is 16.5. The Kier molecular flexibility index (Phi) is 4.54. The lowest BCUT2D eigenvalue weighted by molar-refractivity contribution is -0.0691. The Morgan fingerprint density at radius 3 is 2.54 bits per heavy atom. The smallest absolute Gasteiger partial charge is 0.254 e. The number of ether oxygens (including phenoxy) is 1. The van der Waals surface area contributed by atoms with E-state index in [1.807, 2.05) is 66.4 Å². The molecule has 0 aliphatic carbocycles. The van der Waals surface area contributed by atoms with Gasteiger partial charge in [-0.15, -0.1) is 0 Å². The van der Waals surface area contributed by atoms with Crippen LogP contribution in [0, 0.1) is 0 Å². The minimum Gasteiger partial charge on any atom is -0.444 e. The Morgan fingerprint density at radius 1 is 1.08 bits per heavy atom. The number of hydrogen-bond donors (Lipinski definition) is 0. The van der Waals surface area contributed by atoms with Gasteiger partial charge in [0.05, 0.1) is 18.8 Å². The highest BCUT2D eigenvalue weighted by molar-refractivity contribution is 5.94. The molecule has 5 heteroatoms. The third-order valence-electron chi connectivity index (χ3n) is 4.57. The van der Waals surface area contributed by atoms with E-state index >= 15 is 0 Å². The fourth-order valence-electron chi connectivity index (χ4n) is 3.29. The van der Waals surface area contributed by atoms with Gasteiger partial charge in [0.2, 0.25) is 0 Å². The number of nitrogens with zero attached hydrogens (tertiary/aromatic N) is 2. The SMILES string of the molecule is CC1CN(C(=O)c2ccc(-c3cnco3)cc2)CC(c2ccccc2)O1. The molecule has 1 aliphatic rings. The molecule has 3 aromatic rings. The molecular formula is C21H20N2O3. The van der Waals surface area contributed by atoms with Crippen molar-refractivity contribution in [3.8, 4) is 11.3 Å². The summed E-state index contributed by atoms with van der Waals surface area (Å²) >= 11 is 0. The zero-order valence-electron chi connectivity index (χ0n) is 14.5. The summed E-state index contributed by atoms with van der Waals surface area (Å²) in [7, 11) is 0. The van der Waals surface area contributed by atoms with Gasteiger partial charge in [-0.05, 0) is 24.6 Å². The lowest BCUT2D eigenvalue weighted by Gasteiger charge is -2.37. The van der Waals surface area contributed by atoms with Crippen LogP contribution in [0.4, 0.5) is 0 Å². The van der Waals surface area contributed by atoms with Gasteiger partial charge in [-0.25, -0.2) is 4.98 Å². The monoisotopic (exact) mass is 348 g/mol. The molecule has 132 valence electrons. The molecule has 0 radical (unpaired) electrons. The minimum absolute atomic E-state index is 0.00799. The van der Waals surface area contributed by atoms with Crippen LogP contribution < -0.4 is 0 Å². The second kappa shape index (κ2) is 7.14. The summed E-state index contributed by atoms with van der Waals surface area (Å²) in [6, 6.07) is 17.5. The molecule has 4 rings (SSSR count). The van der Waals surface area contributed by atoms with Gasteiger partial charge in [-0.1, -0.05) is 42.5 Å². The highest BCUT2D eigenvalue weighted by Gasteiger charge is 2.29. The number of carbonyl (C=O) groups is 1. The van der Waals surface area contributed by atoms with Gasteiger partial charge in [0.15, 0.2) is 12.2 Å². The second-order valence-corrected chi connectivity index (χ2v) is 6.50. The van der Waals surface area contributed by atoms with E-state index in [1.165, 1.54) is 6.39 Å². The predicted octanol–water partition coefficient (Wildman–Crippen LogP) is 3.94. The first-order chi connectivity index (χ1) is 12.7. The Labute approximate surface area is 152 Å². The van der Waals surface area contributed by atoms with Gasteiger partial charge in [0.25, 0.3) is 5.91 Å². The van der Waals surface area contributed by atoms with Gasteiger partial charge >= 0.3 is 0 Å². The molecular weight excluding hydrogens is 328 g/mol. The summed E-state index contributed by atoms with van der Waals surface area (Å²) in [5, 5.41) is 0. The van der Waals surface area contributed by atoms with Crippen molar-refractivity contribution in [2.24, 2.45) is 0 Å². The van der Waals surface area contributed by atoms with Gasteiger partial charge in [0, 0.05) is 17.7 Å². The van der Waals surface area contributed by atoms with E-state index in [-0.39, 0.29) is 18.1 Å².